The van der Waals surface area contributed by atoms with E-state index in [4.69, 9.17) is 0 Å². The first-order valence-electron chi connectivity index (χ1n) is 4.43. The van der Waals surface area contributed by atoms with E-state index in [1.54, 1.807) is 0 Å². The Morgan fingerprint density at radius 2 is 2.15 bits per heavy atom. The Hall–Kier alpha value is -0.350. The molecule has 1 heterocycles. The molecule has 0 unspecified atom stereocenters. The number of rotatable bonds is 3. The summed E-state index contributed by atoms with van der Waals surface area (Å²) in [4.78, 5) is 0. The van der Waals surface area contributed by atoms with Gasteiger partial charge in [-0.05, 0) is 36.2 Å². The van der Waals surface area contributed by atoms with Crippen molar-refractivity contribution in [1.29, 1.82) is 0 Å². The standard InChI is InChI=1S/C9H15BrN2O/c1-4-8(13)5-12-7(3)9(10)6(2)11-12/h8,13H,4-5H2,1-3H3/t8-/m0/s1. The molecule has 1 aromatic heterocycles. The maximum Gasteiger partial charge on any atom is 0.0738 e. The SMILES string of the molecule is CC[C@H](O)Cn1nc(C)c(Br)c1C. The summed E-state index contributed by atoms with van der Waals surface area (Å²) in [7, 11) is 0. The van der Waals surface area contributed by atoms with Gasteiger partial charge in [0.2, 0.25) is 0 Å². The molecule has 3 nitrogen and oxygen atoms in total. The number of aliphatic hydroxyl groups is 1. The van der Waals surface area contributed by atoms with Gasteiger partial charge in [-0.2, -0.15) is 5.10 Å². The van der Waals surface area contributed by atoms with Crippen LogP contribution in [0.15, 0.2) is 4.47 Å². The topological polar surface area (TPSA) is 38.0 Å². The Labute approximate surface area is 86.9 Å². The van der Waals surface area contributed by atoms with Crippen LogP contribution in [0.25, 0.3) is 0 Å². The van der Waals surface area contributed by atoms with Crippen LogP contribution in [0.2, 0.25) is 0 Å². The maximum atomic E-state index is 9.46. The molecule has 0 aliphatic rings. The van der Waals surface area contributed by atoms with Crippen molar-refractivity contribution in [2.75, 3.05) is 0 Å². The summed E-state index contributed by atoms with van der Waals surface area (Å²) in [6, 6.07) is 0. The molecule has 0 aromatic carbocycles. The first-order valence-corrected chi connectivity index (χ1v) is 5.23. The Morgan fingerprint density at radius 1 is 1.54 bits per heavy atom. The smallest absolute Gasteiger partial charge is 0.0738 e. The number of aromatic nitrogens is 2. The van der Waals surface area contributed by atoms with E-state index in [1.807, 2.05) is 25.5 Å². The summed E-state index contributed by atoms with van der Waals surface area (Å²) >= 11 is 3.45. The summed E-state index contributed by atoms with van der Waals surface area (Å²) in [5.74, 6) is 0. The van der Waals surface area contributed by atoms with Crippen LogP contribution in [0.3, 0.4) is 0 Å². The van der Waals surface area contributed by atoms with Crippen molar-refractivity contribution in [3.63, 3.8) is 0 Å². The van der Waals surface area contributed by atoms with Crippen molar-refractivity contribution in [2.45, 2.75) is 39.8 Å². The second-order valence-electron chi connectivity index (χ2n) is 3.23. The summed E-state index contributed by atoms with van der Waals surface area (Å²) < 4.78 is 2.88. The van der Waals surface area contributed by atoms with Crippen molar-refractivity contribution < 1.29 is 5.11 Å². The lowest BCUT2D eigenvalue weighted by molar-refractivity contribution is 0.144. The van der Waals surface area contributed by atoms with E-state index in [0.29, 0.717) is 6.54 Å². The minimum atomic E-state index is -0.301. The fourth-order valence-electron chi connectivity index (χ4n) is 1.18. The highest BCUT2D eigenvalue weighted by Crippen LogP contribution is 2.19. The van der Waals surface area contributed by atoms with Gasteiger partial charge in [0.15, 0.2) is 0 Å². The van der Waals surface area contributed by atoms with Gasteiger partial charge in [-0.25, -0.2) is 0 Å². The highest BCUT2D eigenvalue weighted by molar-refractivity contribution is 9.10. The van der Waals surface area contributed by atoms with Gasteiger partial charge in [0.1, 0.15) is 0 Å². The van der Waals surface area contributed by atoms with E-state index in [1.165, 1.54) is 0 Å². The summed E-state index contributed by atoms with van der Waals surface area (Å²) in [5.41, 5.74) is 2.05. The second-order valence-corrected chi connectivity index (χ2v) is 4.02. The quantitative estimate of drug-likeness (QED) is 0.887. The lowest BCUT2D eigenvalue weighted by atomic mass is 10.3. The van der Waals surface area contributed by atoms with Gasteiger partial charge in [0.05, 0.1) is 22.8 Å². The lowest BCUT2D eigenvalue weighted by Gasteiger charge is -2.08. The van der Waals surface area contributed by atoms with E-state index < -0.39 is 0 Å². The Balaban J connectivity index is 2.83. The highest BCUT2D eigenvalue weighted by Gasteiger charge is 2.10. The summed E-state index contributed by atoms with van der Waals surface area (Å²) in [5, 5.41) is 13.8. The molecule has 0 aliphatic heterocycles. The van der Waals surface area contributed by atoms with Gasteiger partial charge in [0, 0.05) is 5.69 Å². The van der Waals surface area contributed by atoms with Crippen LogP contribution in [-0.4, -0.2) is 21.0 Å². The molecule has 0 radical (unpaired) electrons. The van der Waals surface area contributed by atoms with Gasteiger partial charge in [-0.3, -0.25) is 4.68 Å². The highest BCUT2D eigenvalue weighted by atomic mass is 79.9. The fourth-order valence-corrected chi connectivity index (χ4v) is 1.47. The number of aryl methyl sites for hydroxylation is 1. The van der Waals surface area contributed by atoms with E-state index in [0.717, 1.165) is 22.3 Å². The van der Waals surface area contributed by atoms with Crippen LogP contribution in [0.5, 0.6) is 0 Å². The molecule has 1 aromatic rings. The first-order chi connectivity index (χ1) is 6.06. The summed E-state index contributed by atoms with van der Waals surface area (Å²) in [6.45, 7) is 6.48. The van der Waals surface area contributed by atoms with Crippen molar-refractivity contribution in [1.82, 2.24) is 9.78 Å². The van der Waals surface area contributed by atoms with Crippen LogP contribution in [0.1, 0.15) is 24.7 Å². The number of halogens is 1. The largest absolute Gasteiger partial charge is 0.391 e. The molecule has 0 spiro atoms. The molecular formula is C9H15BrN2O. The molecule has 4 heteroatoms. The molecule has 1 N–H and O–H groups in total. The molecule has 74 valence electrons. The number of hydrogen-bond acceptors (Lipinski definition) is 2. The molecule has 13 heavy (non-hydrogen) atoms. The van der Waals surface area contributed by atoms with Crippen LogP contribution in [-0.2, 0) is 6.54 Å². The molecular weight excluding hydrogens is 232 g/mol. The monoisotopic (exact) mass is 246 g/mol. The second kappa shape index (κ2) is 4.24. The average molecular weight is 247 g/mol. The van der Waals surface area contributed by atoms with E-state index in [2.05, 4.69) is 21.0 Å². The Kier molecular flexibility index (Phi) is 3.50. The van der Waals surface area contributed by atoms with Crippen molar-refractivity contribution >= 4 is 15.9 Å². The molecule has 0 fully saturated rings. The zero-order chi connectivity index (χ0) is 10.0. The third-order valence-corrected chi connectivity index (χ3v) is 3.30. The minimum Gasteiger partial charge on any atom is -0.391 e. The molecule has 0 amide bonds. The maximum absolute atomic E-state index is 9.46. The van der Waals surface area contributed by atoms with Crippen LogP contribution in [0, 0.1) is 13.8 Å². The van der Waals surface area contributed by atoms with E-state index in [9.17, 15) is 5.11 Å². The molecule has 0 saturated heterocycles. The molecule has 0 saturated carbocycles. The normalized spacial score (nSPS) is 13.3. The van der Waals surface area contributed by atoms with Gasteiger partial charge in [-0.1, -0.05) is 6.92 Å². The van der Waals surface area contributed by atoms with Crippen molar-refractivity contribution in [3.05, 3.63) is 15.9 Å². The predicted octanol–water partition coefficient (Wildman–Crippen LogP) is 2.03. The van der Waals surface area contributed by atoms with Crippen molar-refractivity contribution in [3.8, 4) is 0 Å². The Bertz CT molecular complexity index is 296. The molecule has 1 rings (SSSR count). The Morgan fingerprint density at radius 3 is 2.54 bits per heavy atom. The van der Waals surface area contributed by atoms with Crippen LogP contribution < -0.4 is 0 Å². The number of hydrogen-bond donors (Lipinski definition) is 1. The van der Waals surface area contributed by atoms with Gasteiger partial charge in [0.25, 0.3) is 0 Å². The number of aliphatic hydroxyl groups excluding tert-OH is 1. The van der Waals surface area contributed by atoms with Crippen molar-refractivity contribution in [2.24, 2.45) is 0 Å². The van der Waals surface area contributed by atoms with E-state index >= 15 is 0 Å². The summed E-state index contributed by atoms with van der Waals surface area (Å²) in [6.07, 6.45) is 0.459. The zero-order valence-electron chi connectivity index (χ0n) is 8.21. The fraction of sp³-hybridized carbons (Fsp3) is 0.667. The molecule has 0 bridgehead atoms. The van der Waals surface area contributed by atoms with Crippen LogP contribution in [0.4, 0.5) is 0 Å². The molecule has 1 atom stereocenters. The first kappa shape index (κ1) is 10.7. The third kappa shape index (κ3) is 2.31. The minimum absolute atomic E-state index is 0.301. The predicted molar refractivity (Wildman–Crippen MR) is 55.7 cm³/mol. The number of nitrogens with zero attached hydrogens (tertiary/aromatic N) is 2. The zero-order valence-corrected chi connectivity index (χ0v) is 9.80. The van der Waals surface area contributed by atoms with Gasteiger partial charge < -0.3 is 5.11 Å². The third-order valence-electron chi connectivity index (χ3n) is 2.15. The van der Waals surface area contributed by atoms with Gasteiger partial charge >= 0.3 is 0 Å². The van der Waals surface area contributed by atoms with Crippen LogP contribution >= 0.6 is 15.9 Å². The van der Waals surface area contributed by atoms with E-state index in [-0.39, 0.29) is 6.10 Å². The lowest BCUT2D eigenvalue weighted by Crippen LogP contribution is -2.16. The van der Waals surface area contributed by atoms with Gasteiger partial charge in [-0.15, -0.1) is 0 Å². The molecule has 0 aliphatic carbocycles. The average Bonchev–Trinajstić information content (AvgIpc) is 2.34.